The van der Waals surface area contributed by atoms with Crippen LogP contribution < -0.4 is 5.14 Å². The van der Waals surface area contributed by atoms with E-state index in [9.17, 15) is 13.8 Å². The number of rotatable bonds is 5. The molecular formula is C13H18N2O4S. The molecule has 1 unspecified atom stereocenters. The second-order valence-electron chi connectivity index (χ2n) is 4.17. The highest BCUT2D eigenvalue weighted by Crippen LogP contribution is 2.11. The molecule has 0 aromatic heterocycles. The highest BCUT2D eigenvalue weighted by molar-refractivity contribution is 7.91. The molecule has 20 heavy (non-hydrogen) atoms. The van der Waals surface area contributed by atoms with Gasteiger partial charge < -0.3 is 4.74 Å². The number of ether oxygens (including phenoxy) is 1. The number of nitrogens with zero attached hydrogens (tertiary/aromatic N) is 1. The van der Waals surface area contributed by atoms with Crippen molar-refractivity contribution in [2.45, 2.75) is 31.6 Å². The van der Waals surface area contributed by atoms with Crippen molar-refractivity contribution < 1.29 is 18.5 Å². The molecule has 0 heterocycles. The maximum atomic E-state index is 12.2. The van der Waals surface area contributed by atoms with Gasteiger partial charge in [-0.3, -0.25) is 9.59 Å². The van der Waals surface area contributed by atoms with Gasteiger partial charge in [0.05, 0.1) is 17.9 Å². The molecule has 0 aliphatic carbocycles. The SMILES string of the molecule is CCOC(=O)CCC(=O)N=S(N)(=O)c1ccc(C)cc1. The summed E-state index contributed by atoms with van der Waals surface area (Å²) in [4.78, 5) is 23.0. The molecule has 2 N–H and O–H groups in total. The van der Waals surface area contributed by atoms with Gasteiger partial charge in [0, 0.05) is 6.42 Å². The Morgan fingerprint density at radius 3 is 2.40 bits per heavy atom. The van der Waals surface area contributed by atoms with Crippen LogP contribution in [0.15, 0.2) is 33.5 Å². The van der Waals surface area contributed by atoms with Gasteiger partial charge in [0.1, 0.15) is 9.92 Å². The minimum absolute atomic E-state index is 0.0976. The minimum Gasteiger partial charge on any atom is -0.466 e. The van der Waals surface area contributed by atoms with E-state index in [1.807, 2.05) is 6.92 Å². The van der Waals surface area contributed by atoms with E-state index in [4.69, 9.17) is 5.14 Å². The second-order valence-corrected chi connectivity index (χ2v) is 5.96. The van der Waals surface area contributed by atoms with Crippen molar-refractivity contribution in [2.75, 3.05) is 6.61 Å². The van der Waals surface area contributed by atoms with Gasteiger partial charge in [-0.2, -0.15) is 0 Å². The van der Waals surface area contributed by atoms with Gasteiger partial charge in [0.2, 0.25) is 0 Å². The third kappa shape index (κ3) is 5.10. The van der Waals surface area contributed by atoms with E-state index < -0.39 is 21.8 Å². The lowest BCUT2D eigenvalue weighted by molar-refractivity contribution is -0.144. The Kier molecular flexibility index (Phi) is 5.84. The van der Waals surface area contributed by atoms with Gasteiger partial charge in [0.25, 0.3) is 5.91 Å². The molecule has 1 atom stereocenters. The van der Waals surface area contributed by atoms with Crippen LogP contribution in [0.5, 0.6) is 0 Å². The zero-order valence-electron chi connectivity index (χ0n) is 11.5. The zero-order valence-corrected chi connectivity index (χ0v) is 12.3. The van der Waals surface area contributed by atoms with Crippen molar-refractivity contribution in [2.24, 2.45) is 9.50 Å². The fraction of sp³-hybridized carbons (Fsp3) is 0.385. The largest absolute Gasteiger partial charge is 0.466 e. The summed E-state index contributed by atoms with van der Waals surface area (Å²) in [6.45, 7) is 3.80. The Morgan fingerprint density at radius 1 is 1.25 bits per heavy atom. The van der Waals surface area contributed by atoms with E-state index in [2.05, 4.69) is 9.10 Å². The van der Waals surface area contributed by atoms with E-state index in [-0.39, 0.29) is 24.3 Å². The number of nitrogens with two attached hydrogens (primary N) is 1. The number of amides is 1. The van der Waals surface area contributed by atoms with Gasteiger partial charge in [-0.05, 0) is 26.0 Å². The number of carbonyl (C=O) groups is 2. The third-order valence-corrected chi connectivity index (χ3v) is 3.87. The van der Waals surface area contributed by atoms with Gasteiger partial charge in [-0.1, -0.05) is 17.7 Å². The molecule has 0 bridgehead atoms. The number of aryl methyl sites for hydroxylation is 1. The molecule has 7 heteroatoms. The smallest absolute Gasteiger partial charge is 0.306 e. The highest BCUT2D eigenvalue weighted by atomic mass is 32.2. The molecule has 0 fully saturated rings. The summed E-state index contributed by atoms with van der Waals surface area (Å²) in [5.74, 6) is -1.17. The van der Waals surface area contributed by atoms with Crippen molar-refractivity contribution in [3.8, 4) is 0 Å². The Bertz CT molecular complexity index is 601. The average molecular weight is 298 g/mol. The van der Waals surface area contributed by atoms with E-state index in [1.165, 1.54) is 0 Å². The van der Waals surface area contributed by atoms with Crippen LogP contribution in [0.25, 0.3) is 0 Å². The first-order valence-electron chi connectivity index (χ1n) is 6.15. The molecule has 0 spiro atoms. The van der Waals surface area contributed by atoms with Crippen LogP contribution in [-0.4, -0.2) is 22.7 Å². The summed E-state index contributed by atoms with van der Waals surface area (Å²) < 4.78 is 20.3. The third-order valence-electron chi connectivity index (χ3n) is 2.44. The predicted molar refractivity (Wildman–Crippen MR) is 75.1 cm³/mol. The van der Waals surface area contributed by atoms with E-state index in [0.29, 0.717) is 0 Å². The van der Waals surface area contributed by atoms with Crippen LogP contribution in [0, 0.1) is 6.92 Å². The summed E-state index contributed by atoms with van der Waals surface area (Å²) in [5, 5.41) is 5.58. The number of esters is 1. The first kappa shape index (κ1) is 16.3. The van der Waals surface area contributed by atoms with Crippen molar-refractivity contribution in [1.82, 2.24) is 0 Å². The van der Waals surface area contributed by atoms with E-state index >= 15 is 0 Å². The standard InChI is InChI=1S/C13H18N2O4S/c1-3-19-13(17)9-8-12(16)15-20(14,18)11-6-4-10(2)5-7-11/h4-7H,3,8-9H2,1-2H3,(H2,14,15,16,18). The van der Waals surface area contributed by atoms with Crippen LogP contribution in [0.3, 0.4) is 0 Å². The van der Waals surface area contributed by atoms with Crippen LogP contribution in [0.4, 0.5) is 0 Å². The number of hydrogen-bond acceptors (Lipinski definition) is 4. The summed E-state index contributed by atoms with van der Waals surface area (Å²) in [7, 11) is -3.26. The fourth-order valence-corrected chi connectivity index (χ4v) is 2.45. The van der Waals surface area contributed by atoms with Crippen molar-refractivity contribution in [3.63, 3.8) is 0 Å². The van der Waals surface area contributed by atoms with Crippen molar-refractivity contribution in [1.29, 1.82) is 0 Å². The lowest BCUT2D eigenvalue weighted by Crippen LogP contribution is -2.15. The van der Waals surface area contributed by atoms with E-state index in [1.54, 1.807) is 31.2 Å². The molecule has 0 aliphatic rings. The molecule has 1 rings (SSSR count). The molecule has 1 aromatic carbocycles. The quantitative estimate of drug-likeness (QED) is 0.834. The Balaban J connectivity index is 2.76. The maximum absolute atomic E-state index is 12.2. The minimum atomic E-state index is -3.26. The van der Waals surface area contributed by atoms with Crippen molar-refractivity contribution >= 4 is 21.8 Å². The maximum Gasteiger partial charge on any atom is 0.306 e. The van der Waals surface area contributed by atoms with Gasteiger partial charge in [-0.15, -0.1) is 4.36 Å². The molecule has 0 radical (unpaired) electrons. The molecule has 0 aliphatic heterocycles. The molecular weight excluding hydrogens is 280 g/mol. The van der Waals surface area contributed by atoms with E-state index in [0.717, 1.165) is 5.56 Å². The van der Waals surface area contributed by atoms with Crippen LogP contribution >= 0.6 is 0 Å². The monoisotopic (exact) mass is 298 g/mol. The highest BCUT2D eigenvalue weighted by Gasteiger charge is 2.12. The summed E-state index contributed by atoms with van der Waals surface area (Å²) >= 11 is 0. The lowest BCUT2D eigenvalue weighted by Gasteiger charge is -2.04. The normalized spacial score (nSPS) is 13.3. The lowest BCUT2D eigenvalue weighted by atomic mass is 10.2. The zero-order chi connectivity index (χ0) is 15.2. The Labute approximate surface area is 118 Å². The first-order chi connectivity index (χ1) is 9.35. The van der Waals surface area contributed by atoms with Crippen LogP contribution in [-0.2, 0) is 24.2 Å². The summed E-state index contributed by atoms with van der Waals surface area (Å²) in [6.07, 6.45) is -0.265. The summed E-state index contributed by atoms with van der Waals surface area (Å²) in [5.41, 5.74) is 0.984. The fourth-order valence-electron chi connectivity index (χ4n) is 1.43. The molecule has 1 aromatic rings. The van der Waals surface area contributed by atoms with Gasteiger partial charge in [-0.25, -0.2) is 9.35 Å². The number of benzene rings is 1. The summed E-state index contributed by atoms with van der Waals surface area (Å²) in [6, 6.07) is 6.61. The van der Waals surface area contributed by atoms with Crippen molar-refractivity contribution in [3.05, 3.63) is 29.8 Å². The van der Waals surface area contributed by atoms with Gasteiger partial charge in [0.15, 0.2) is 0 Å². The molecule has 0 saturated carbocycles. The van der Waals surface area contributed by atoms with Crippen LogP contribution in [0.1, 0.15) is 25.3 Å². The van der Waals surface area contributed by atoms with Crippen LogP contribution in [0.2, 0.25) is 0 Å². The number of carbonyl (C=O) groups excluding carboxylic acids is 2. The molecule has 110 valence electrons. The first-order valence-corrected chi connectivity index (χ1v) is 7.73. The second kappa shape index (κ2) is 7.16. The molecule has 0 saturated heterocycles. The number of hydrogen-bond donors (Lipinski definition) is 1. The predicted octanol–water partition coefficient (Wildman–Crippen LogP) is 1.57. The van der Waals surface area contributed by atoms with Gasteiger partial charge >= 0.3 is 5.97 Å². The average Bonchev–Trinajstić information content (AvgIpc) is 2.37. The Morgan fingerprint density at radius 2 is 1.85 bits per heavy atom. The Hall–Kier alpha value is -1.73. The topological polar surface area (TPSA) is 98.8 Å². The molecule has 1 amide bonds. The molecule has 6 nitrogen and oxygen atoms in total.